The molecular formula is C27H33N3O4. The minimum Gasteiger partial charge on any atom is -0.480 e. The Balaban J connectivity index is 1.63. The van der Waals surface area contributed by atoms with Gasteiger partial charge in [0.05, 0.1) is 0 Å². The highest BCUT2D eigenvalue weighted by molar-refractivity contribution is 6.08. The van der Waals surface area contributed by atoms with Gasteiger partial charge < -0.3 is 21.5 Å². The summed E-state index contributed by atoms with van der Waals surface area (Å²) in [4.78, 5) is 37.0. The number of nitrogens with one attached hydrogen (secondary N) is 2. The topological polar surface area (TPSA) is 122 Å². The average molecular weight is 464 g/mol. The fourth-order valence-corrected chi connectivity index (χ4v) is 4.29. The van der Waals surface area contributed by atoms with Crippen molar-refractivity contribution in [2.75, 3.05) is 5.32 Å². The molecule has 7 heteroatoms. The maximum Gasteiger partial charge on any atom is 0.326 e. The van der Waals surface area contributed by atoms with Gasteiger partial charge in [0.15, 0.2) is 0 Å². The number of benzene rings is 2. The van der Waals surface area contributed by atoms with Crippen molar-refractivity contribution in [2.24, 2.45) is 11.7 Å². The Bertz CT molecular complexity index is 1030. The lowest BCUT2D eigenvalue weighted by atomic mass is 9.88. The van der Waals surface area contributed by atoms with Gasteiger partial charge in [-0.15, -0.1) is 0 Å². The highest BCUT2D eigenvalue weighted by atomic mass is 16.4. The molecule has 2 amide bonds. The van der Waals surface area contributed by atoms with Crippen molar-refractivity contribution in [3.05, 3.63) is 71.3 Å². The SMILES string of the molecule is CC/C(C(=O)Nc1ccc(CC(NC(=O)C2CCCCC2)C(=O)O)cc1)=C(\N)c1ccccc1. The first-order valence-corrected chi connectivity index (χ1v) is 11.9. The standard InChI is InChI=1S/C27H33N3O4/c1-2-22(24(28)19-9-5-3-6-10-19)26(32)29-21-15-13-18(14-16-21)17-23(27(33)34)30-25(31)20-11-7-4-8-12-20/h3,5-6,9-10,13-16,20,23H,2,4,7-8,11-12,17,28H2,1H3,(H,29,32)(H,30,31)(H,33,34)/b24-22+. The molecule has 7 nitrogen and oxygen atoms in total. The van der Waals surface area contributed by atoms with Crippen molar-refractivity contribution < 1.29 is 19.5 Å². The minimum atomic E-state index is -1.06. The number of aliphatic carboxylic acids is 1. The highest BCUT2D eigenvalue weighted by Gasteiger charge is 2.26. The number of carboxylic acid groups (broad SMARTS) is 1. The molecule has 0 bridgehead atoms. The molecule has 0 heterocycles. The molecule has 0 aromatic heterocycles. The molecule has 1 saturated carbocycles. The molecule has 34 heavy (non-hydrogen) atoms. The van der Waals surface area contributed by atoms with Crippen LogP contribution in [0.15, 0.2) is 60.2 Å². The van der Waals surface area contributed by atoms with E-state index >= 15 is 0 Å². The summed E-state index contributed by atoms with van der Waals surface area (Å²) < 4.78 is 0. The molecule has 1 unspecified atom stereocenters. The van der Waals surface area contributed by atoms with E-state index in [-0.39, 0.29) is 24.2 Å². The number of carboxylic acids is 1. The van der Waals surface area contributed by atoms with Gasteiger partial charge in [-0.05, 0) is 42.5 Å². The second kappa shape index (κ2) is 12.0. The molecule has 1 fully saturated rings. The third-order valence-electron chi connectivity index (χ3n) is 6.28. The number of carbonyl (C=O) groups excluding carboxylic acids is 2. The first-order valence-electron chi connectivity index (χ1n) is 11.9. The second-order valence-corrected chi connectivity index (χ2v) is 8.70. The lowest BCUT2D eigenvalue weighted by Crippen LogP contribution is -2.45. The molecule has 1 aliphatic carbocycles. The van der Waals surface area contributed by atoms with Crippen LogP contribution in [0.2, 0.25) is 0 Å². The van der Waals surface area contributed by atoms with Gasteiger partial charge in [-0.25, -0.2) is 4.79 Å². The maximum absolute atomic E-state index is 12.8. The summed E-state index contributed by atoms with van der Waals surface area (Å²) in [5, 5.41) is 15.2. The molecule has 0 spiro atoms. The number of hydrogen-bond acceptors (Lipinski definition) is 4. The molecular weight excluding hydrogens is 430 g/mol. The van der Waals surface area contributed by atoms with Crippen LogP contribution < -0.4 is 16.4 Å². The summed E-state index contributed by atoms with van der Waals surface area (Å²) in [5.74, 6) is -1.61. The van der Waals surface area contributed by atoms with E-state index in [1.807, 2.05) is 37.3 Å². The molecule has 1 aliphatic rings. The van der Waals surface area contributed by atoms with Gasteiger partial charge in [0.1, 0.15) is 6.04 Å². The normalized spacial score (nSPS) is 15.7. The van der Waals surface area contributed by atoms with Crippen molar-refractivity contribution in [3.63, 3.8) is 0 Å². The third-order valence-corrected chi connectivity index (χ3v) is 6.28. The van der Waals surface area contributed by atoms with Crippen LogP contribution in [0.5, 0.6) is 0 Å². The van der Waals surface area contributed by atoms with Crippen LogP contribution in [0.3, 0.4) is 0 Å². The number of anilines is 1. The summed E-state index contributed by atoms with van der Waals surface area (Å²) in [6.07, 6.45) is 5.42. The van der Waals surface area contributed by atoms with Gasteiger partial charge in [-0.3, -0.25) is 9.59 Å². The van der Waals surface area contributed by atoms with Gasteiger partial charge in [0, 0.05) is 29.3 Å². The van der Waals surface area contributed by atoms with Crippen LogP contribution in [0.4, 0.5) is 5.69 Å². The predicted molar refractivity (Wildman–Crippen MR) is 133 cm³/mol. The van der Waals surface area contributed by atoms with Gasteiger partial charge in [-0.2, -0.15) is 0 Å². The van der Waals surface area contributed by atoms with Crippen molar-refractivity contribution in [2.45, 2.75) is 57.9 Å². The fourth-order valence-electron chi connectivity index (χ4n) is 4.29. The van der Waals surface area contributed by atoms with Gasteiger partial charge >= 0.3 is 5.97 Å². The van der Waals surface area contributed by atoms with E-state index in [1.54, 1.807) is 24.3 Å². The quantitative estimate of drug-likeness (QED) is 0.417. The Morgan fingerprint density at radius 1 is 1.00 bits per heavy atom. The molecule has 0 saturated heterocycles. The Labute approximate surface area is 200 Å². The zero-order valence-electron chi connectivity index (χ0n) is 19.5. The van der Waals surface area contributed by atoms with Gasteiger partial charge in [0.25, 0.3) is 5.91 Å². The van der Waals surface area contributed by atoms with E-state index in [4.69, 9.17) is 5.73 Å². The molecule has 2 aromatic rings. The first kappa shape index (κ1) is 25.0. The average Bonchev–Trinajstić information content (AvgIpc) is 2.86. The fraction of sp³-hybridized carbons (Fsp3) is 0.370. The van der Waals surface area contributed by atoms with Crippen molar-refractivity contribution >= 4 is 29.2 Å². The third kappa shape index (κ3) is 6.70. The second-order valence-electron chi connectivity index (χ2n) is 8.70. The Hall–Kier alpha value is -3.61. The van der Waals surface area contributed by atoms with Crippen molar-refractivity contribution in [3.8, 4) is 0 Å². The summed E-state index contributed by atoms with van der Waals surface area (Å²) in [7, 11) is 0. The molecule has 0 radical (unpaired) electrons. The monoisotopic (exact) mass is 463 g/mol. The smallest absolute Gasteiger partial charge is 0.326 e. The maximum atomic E-state index is 12.8. The number of carbonyl (C=O) groups is 3. The van der Waals surface area contributed by atoms with Crippen LogP contribution in [-0.2, 0) is 20.8 Å². The lowest BCUT2D eigenvalue weighted by Gasteiger charge is -2.23. The highest BCUT2D eigenvalue weighted by Crippen LogP contribution is 2.24. The first-order chi connectivity index (χ1) is 16.4. The van der Waals surface area contributed by atoms with Crippen molar-refractivity contribution in [1.82, 2.24) is 5.32 Å². The molecule has 3 rings (SSSR count). The van der Waals surface area contributed by atoms with E-state index in [0.29, 0.717) is 23.4 Å². The van der Waals surface area contributed by atoms with E-state index in [9.17, 15) is 19.5 Å². The van der Waals surface area contributed by atoms with Crippen LogP contribution >= 0.6 is 0 Å². The molecule has 2 aromatic carbocycles. The predicted octanol–water partition coefficient (Wildman–Crippen LogP) is 4.10. The molecule has 1 atom stereocenters. The van der Waals surface area contributed by atoms with Gasteiger partial charge in [-0.1, -0.05) is 68.7 Å². The number of nitrogens with two attached hydrogens (primary N) is 1. The van der Waals surface area contributed by atoms with Crippen LogP contribution in [0.1, 0.15) is 56.6 Å². The van der Waals surface area contributed by atoms with Crippen LogP contribution in [-0.4, -0.2) is 28.9 Å². The Morgan fingerprint density at radius 3 is 2.24 bits per heavy atom. The number of hydrogen-bond donors (Lipinski definition) is 4. The lowest BCUT2D eigenvalue weighted by molar-refractivity contribution is -0.142. The van der Waals surface area contributed by atoms with E-state index < -0.39 is 12.0 Å². The van der Waals surface area contributed by atoms with E-state index in [1.165, 1.54) is 0 Å². The van der Waals surface area contributed by atoms with Crippen LogP contribution in [0, 0.1) is 5.92 Å². The number of rotatable bonds is 9. The Kier molecular flexibility index (Phi) is 8.85. The summed E-state index contributed by atoms with van der Waals surface area (Å²) in [6, 6.07) is 15.3. The van der Waals surface area contributed by atoms with Gasteiger partial charge in [0.2, 0.25) is 5.91 Å². The minimum absolute atomic E-state index is 0.0997. The van der Waals surface area contributed by atoms with Crippen molar-refractivity contribution in [1.29, 1.82) is 0 Å². The zero-order valence-corrected chi connectivity index (χ0v) is 19.5. The van der Waals surface area contributed by atoms with Crippen LogP contribution in [0.25, 0.3) is 5.70 Å². The molecule has 5 N–H and O–H groups in total. The summed E-state index contributed by atoms with van der Waals surface area (Å²) in [5.41, 5.74) is 9.29. The van der Waals surface area contributed by atoms with E-state index in [0.717, 1.165) is 43.2 Å². The summed E-state index contributed by atoms with van der Waals surface area (Å²) >= 11 is 0. The molecule has 0 aliphatic heterocycles. The number of amides is 2. The summed E-state index contributed by atoms with van der Waals surface area (Å²) in [6.45, 7) is 1.88. The largest absolute Gasteiger partial charge is 0.480 e. The molecule has 180 valence electrons. The Morgan fingerprint density at radius 2 is 1.65 bits per heavy atom. The van der Waals surface area contributed by atoms with E-state index in [2.05, 4.69) is 10.6 Å². The zero-order chi connectivity index (χ0) is 24.5.